The Morgan fingerprint density at radius 2 is 2.00 bits per heavy atom. The Bertz CT molecular complexity index is 603. The maximum absolute atomic E-state index is 14.1. The molecule has 1 aliphatic rings. The van der Waals surface area contributed by atoms with E-state index in [0.29, 0.717) is 12.6 Å². The standard InChI is InChI=1S/C17H18BrFN2/c18-15-7-6-14(16(19)10-15)12-21-9-8-20-11-17(21)13-4-2-1-3-5-13/h1-7,10,17,20H,8-9,11-12H2. The van der Waals surface area contributed by atoms with Gasteiger partial charge in [-0.25, -0.2) is 4.39 Å². The molecule has 1 aliphatic heterocycles. The van der Waals surface area contributed by atoms with Crippen LogP contribution in [0.15, 0.2) is 53.0 Å². The molecule has 1 saturated heterocycles. The summed E-state index contributed by atoms with van der Waals surface area (Å²) in [5.74, 6) is -0.144. The highest BCUT2D eigenvalue weighted by Gasteiger charge is 2.24. The van der Waals surface area contributed by atoms with Crippen LogP contribution in [0.2, 0.25) is 0 Å². The van der Waals surface area contributed by atoms with Crippen molar-refractivity contribution in [3.05, 3.63) is 69.9 Å². The third-order valence-corrected chi connectivity index (χ3v) is 4.42. The van der Waals surface area contributed by atoms with E-state index in [2.05, 4.69) is 50.4 Å². The van der Waals surface area contributed by atoms with E-state index in [0.717, 1.165) is 29.7 Å². The number of piperazine rings is 1. The lowest BCUT2D eigenvalue weighted by molar-refractivity contribution is 0.152. The molecule has 0 bridgehead atoms. The fourth-order valence-corrected chi connectivity index (χ4v) is 3.14. The van der Waals surface area contributed by atoms with Crippen LogP contribution in [0.25, 0.3) is 0 Å². The Morgan fingerprint density at radius 1 is 1.19 bits per heavy atom. The molecule has 1 unspecified atom stereocenters. The second-order valence-electron chi connectivity index (χ2n) is 5.34. The van der Waals surface area contributed by atoms with Crippen molar-refractivity contribution in [2.45, 2.75) is 12.6 Å². The second-order valence-corrected chi connectivity index (χ2v) is 6.25. The van der Waals surface area contributed by atoms with Gasteiger partial charge in [0.2, 0.25) is 0 Å². The summed E-state index contributed by atoms with van der Waals surface area (Å²) < 4.78 is 14.8. The summed E-state index contributed by atoms with van der Waals surface area (Å²) in [4.78, 5) is 2.35. The zero-order chi connectivity index (χ0) is 14.7. The zero-order valence-electron chi connectivity index (χ0n) is 11.7. The summed E-state index contributed by atoms with van der Waals surface area (Å²) in [6.07, 6.45) is 0. The molecule has 2 aromatic carbocycles. The van der Waals surface area contributed by atoms with Crippen LogP contribution in [-0.2, 0) is 6.54 Å². The van der Waals surface area contributed by atoms with E-state index in [1.165, 1.54) is 11.6 Å². The van der Waals surface area contributed by atoms with Crippen molar-refractivity contribution in [2.24, 2.45) is 0 Å². The molecule has 110 valence electrons. The maximum Gasteiger partial charge on any atom is 0.128 e. The third-order valence-electron chi connectivity index (χ3n) is 3.93. The van der Waals surface area contributed by atoms with E-state index in [4.69, 9.17) is 0 Å². The molecule has 3 rings (SSSR count). The number of hydrogen-bond acceptors (Lipinski definition) is 2. The van der Waals surface area contributed by atoms with E-state index in [9.17, 15) is 4.39 Å². The Morgan fingerprint density at radius 3 is 2.76 bits per heavy atom. The predicted octanol–water partition coefficient (Wildman–Crippen LogP) is 3.73. The summed E-state index contributed by atoms with van der Waals surface area (Å²) in [6, 6.07) is 16.0. The lowest BCUT2D eigenvalue weighted by Crippen LogP contribution is -2.45. The molecule has 0 aliphatic carbocycles. The second kappa shape index (κ2) is 6.69. The molecule has 21 heavy (non-hydrogen) atoms. The van der Waals surface area contributed by atoms with Crippen molar-refractivity contribution in [1.29, 1.82) is 0 Å². The van der Waals surface area contributed by atoms with Gasteiger partial charge in [0, 0.05) is 42.3 Å². The van der Waals surface area contributed by atoms with Gasteiger partial charge in [0.15, 0.2) is 0 Å². The molecule has 1 fully saturated rings. The first-order valence-corrected chi connectivity index (χ1v) is 7.97. The predicted molar refractivity (Wildman–Crippen MR) is 86.6 cm³/mol. The average Bonchev–Trinajstić information content (AvgIpc) is 2.51. The van der Waals surface area contributed by atoms with Crippen LogP contribution in [0.5, 0.6) is 0 Å². The van der Waals surface area contributed by atoms with Crippen molar-refractivity contribution in [3.63, 3.8) is 0 Å². The van der Waals surface area contributed by atoms with Crippen LogP contribution in [0, 0.1) is 5.82 Å². The van der Waals surface area contributed by atoms with Gasteiger partial charge in [-0.05, 0) is 17.7 Å². The van der Waals surface area contributed by atoms with Gasteiger partial charge in [0.25, 0.3) is 0 Å². The monoisotopic (exact) mass is 348 g/mol. The molecule has 2 nitrogen and oxygen atoms in total. The largest absolute Gasteiger partial charge is 0.314 e. The normalized spacial score (nSPS) is 19.6. The van der Waals surface area contributed by atoms with Crippen molar-refractivity contribution in [3.8, 4) is 0 Å². The first kappa shape index (κ1) is 14.7. The van der Waals surface area contributed by atoms with E-state index >= 15 is 0 Å². The van der Waals surface area contributed by atoms with Crippen molar-refractivity contribution in [2.75, 3.05) is 19.6 Å². The molecule has 1 N–H and O–H groups in total. The van der Waals surface area contributed by atoms with Crippen LogP contribution < -0.4 is 5.32 Å². The van der Waals surface area contributed by atoms with Gasteiger partial charge >= 0.3 is 0 Å². The minimum Gasteiger partial charge on any atom is -0.314 e. The summed E-state index contributed by atoms with van der Waals surface area (Å²) in [5, 5.41) is 3.43. The Labute approximate surface area is 133 Å². The minimum absolute atomic E-state index is 0.144. The molecule has 0 amide bonds. The van der Waals surface area contributed by atoms with E-state index in [1.807, 2.05) is 18.2 Å². The van der Waals surface area contributed by atoms with Gasteiger partial charge in [-0.3, -0.25) is 4.90 Å². The summed E-state index contributed by atoms with van der Waals surface area (Å²) in [5.41, 5.74) is 2.03. The zero-order valence-corrected chi connectivity index (χ0v) is 13.3. The number of hydrogen-bond donors (Lipinski definition) is 1. The highest BCUT2D eigenvalue weighted by atomic mass is 79.9. The number of nitrogens with zero attached hydrogens (tertiary/aromatic N) is 1. The molecule has 0 radical (unpaired) electrons. The number of benzene rings is 2. The lowest BCUT2D eigenvalue weighted by atomic mass is 10.0. The first-order chi connectivity index (χ1) is 10.2. The molecular weight excluding hydrogens is 331 g/mol. The summed E-state index contributed by atoms with van der Waals surface area (Å²) >= 11 is 3.31. The van der Waals surface area contributed by atoms with E-state index in [1.54, 1.807) is 0 Å². The minimum atomic E-state index is -0.144. The number of rotatable bonds is 3. The van der Waals surface area contributed by atoms with Gasteiger partial charge in [-0.15, -0.1) is 0 Å². The molecule has 0 saturated carbocycles. The SMILES string of the molecule is Fc1cc(Br)ccc1CN1CCNCC1c1ccccc1. The quantitative estimate of drug-likeness (QED) is 0.908. The number of nitrogens with one attached hydrogen (secondary N) is 1. The lowest BCUT2D eigenvalue weighted by Gasteiger charge is -2.36. The number of halogens is 2. The Hall–Kier alpha value is -1.23. The summed E-state index contributed by atoms with van der Waals surface area (Å²) in [6.45, 7) is 3.42. The fraction of sp³-hybridized carbons (Fsp3) is 0.294. The molecule has 1 heterocycles. The third kappa shape index (κ3) is 3.51. The van der Waals surface area contributed by atoms with Crippen LogP contribution in [-0.4, -0.2) is 24.5 Å². The van der Waals surface area contributed by atoms with Gasteiger partial charge in [0.1, 0.15) is 5.82 Å². The van der Waals surface area contributed by atoms with E-state index in [-0.39, 0.29) is 5.82 Å². The fourth-order valence-electron chi connectivity index (χ4n) is 2.81. The summed E-state index contributed by atoms with van der Waals surface area (Å²) in [7, 11) is 0. The first-order valence-electron chi connectivity index (χ1n) is 7.17. The van der Waals surface area contributed by atoms with Gasteiger partial charge in [-0.1, -0.05) is 52.3 Å². The van der Waals surface area contributed by atoms with Crippen LogP contribution in [0.3, 0.4) is 0 Å². The van der Waals surface area contributed by atoms with Gasteiger partial charge < -0.3 is 5.32 Å². The highest BCUT2D eigenvalue weighted by molar-refractivity contribution is 9.10. The smallest absolute Gasteiger partial charge is 0.128 e. The van der Waals surface area contributed by atoms with Crippen molar-refractivity contribution >= 4 is 15.9 Å². The van der Waals surface area contributed by atoms with E-state index < -0.39 is 0 Å². The molecule has 0 spiro atoms. The van der Waals surface area contributed by atoms with Crippen LogP contribution in [0.4, 0.5) is 4.39 Å². The molecule has 0 aromatic heterocycles. The molecule has 2 aromatic rings. The Balaban J connectivity index is 1.81. The van der Waals surface area contributed by atoms with Crippen molar-refractivity contribution < 1.29 is 4.39 Å². The Kier molecular flexibility index (Phi) is 4.68. The molecular formula is C17H18BrFN2. The maximum atomic E-state index is 14.1. The van der Waals surface area contributed by atoms with Gasteiger partial charge in [-0.2, -0.15) is 0 Å². The highest BCUT2D eigenvalue weighted by Crippen LogP contribution is 2.25. The molecule has 4 heteroatoms. The van der Waals surface area contributed by atoms with Gasteiger partial charge in [0.05, 0.1) is 0 Å². The van der Waals surface area contributed by atoms with Crippen molar-refractivity contribution in [1.82, 2.24) is 10.2 Å². The van der Waals surface area contributed by atoms with Crippen LogP contribution in [0.1, 0.15) is 17.2 Å². The molecule has 1 atom stereocenters. The topological polar surface area (TPSA) is 15.3 Å². The van der Waals surface area contributed by atoms with Crippen LogP contribution >= 0.6 is 15.9 Å². The average molecular weight is 349 g/mol.